The van der Waals surface area contributed by atoms with Gasteiger partial charge < -0.3 is 10.1 Å². The number of ether oxygens (including phenoxy) is 1. The van der Waals surface area contributed by atoms with E-state index in [1.807, 2.05) is 19.1 Å². The van der Waals surface area contributed by atoms with E-state index in [2.05, 4.69) is 10.3 Å². The minimum Gasteiger partial charge on any atom is -0.486 e. The van der Waals surface area contributed by atoms with Crippen molar-refractivity contribution >= 4 is 40.3 Å². The van der Waals surface area contributed by atoms with Gasteiger partial charge in [0.2, 0.25) is 11.7 Å². The summed E-state index contributed by atoms with van der Waals surface area (Å²) in [6, 6.07) is 15.9. The van der Waals surface area contributed by atoms with Gasteiger partial charge in [0.25, 0.3) is 0 Å². The van der Waals surface area contributed by atoms with Gasteiger partial charge in [-0.15, -0.1) is 11.3 Å². The summed E-state index contributed by atoms with van der Waals surface area (Å²) in [5, 5.41) is 14.7. The number of hydrogen-bond acceptors (Lipinski definition) is 6. The molecule has 0 aliphatic carbocycles. The van der Waals surface area contributed by atoms with Crippen molar-refractivity contribution in [3.63, 3.8) is 0 Å². The van der Waals surface area contributed by atoms with Crippen LogP contribution in [-0.4, -0.2) is 16.7 Å². The Labute approximate surface area is 183 Å². The fourth-order valence-corrected chi connectivity index (χ4v) is 3.41. The Morgan fingerprint density at radius 2 is 1.90 bits per heavy atom. The molecule has 0 bridgehead atoms. The third-order valence-corrected chi connectivity index (χ3v) is 5.34. The third kappa shape index (κ3) is 5.44. The SMILES string of the molecule is CCc1ccc(NC(=O)C(C#N)C(=O)c2csc(COc3ccc(Cl)cc3)n2)cc1. The number of amides is 1. The van der Waals surface area contributed by atoms with Crippen molar-refractivity contribution in [2.45, 2.75) is 20.0 Å². The van der Waals surface area contributed by atoms with Crippen LogP contribution in [0.3, 0.4) is 0 Å². The van der Waals surface area contributed by atoms with Crippen LogP contribution in [0.4, 0.5) is 5.69 Å². The highest BCUT2D eigenvalue weighted by Crippen LogP contribution is 2.20. The molecule has 0 saturated heterocycles. The zero-order chi connectivity index (χ0) is 21.5. The molecule has 152 valence electrons. The van der Waals surface area contributed by atoms with Crippen molar-refractivity contribution in [2.24, 2.45) is 5.92 Å². The minimum absolute atomic E-state index is 0.0673. The second-order valence-electron chi connectivity index (χ2n) is 6.34. The molecular formula is C22H18ClN3O3S. The Balaban J connectivity index is 1.62. The molecule has 1 N–H and O–H groups in total. The van der Waals surface area contributed by atoms with E-state index in [1.165, 1.54) is 16.7 Å². The largest absolute Gasteiger partial charge is 0.486 e. The second kappa shape index (κ2) is 10.0. The van der Waals surface area contributed by atoms with E-state index >= 15 is 0 Å². The molecule has 1 heterocycles. The zero-order valence-corrected chi connectivity index (χ0v) is 17.7. The van der Waals surface area contributed by atoms with Gasteiger partial charge in [0.15, 0.2) is 5.92 Å². The molecule has 1 amide bonds. The van der Waals surface area contributed by atoms with Crippen molar-refractivity contribution in [1.82, 2.24) is 4.98 Å². The number of ketones is 1. The number of nitrogens with zero attached hydrogens (tertiary/aromatic N) is 2. The Morgan fingerprint density at radius 3 is 2.53 bits per heavy atom. The average molecular weight is 440 g/mol. The predicted molar refractivity (Wildman–Crippen MR) is 116 cm³/mol. The van der Waals surface area contributed by atoms with Crippen molar-refractivity contribution in [1.29, 1.82) is 5.26 Å². The number of benzene rings is 2. The molecule has 8 heteroatoms. The van der Waals surface area contributed by atoms with Gasteiger partial charge in [-0.1, -0.05) is 30.7 Å². The highest BCUT2D eigenvalue weighted by atomic mass is 35.5. The Bertz CT molecular complexity index is 1070. The Hall–Kier alpha value is -3.21. The number of nitrogens with one attached hydrogen (secondary N) is 1. The van der Waals surface area contributed by atoms with Gasteiger partial charge in [0, 0.05) is 16.1 Å². The van der Waals surface area contributed by atoms with E-state index in [0.717, 1.165) is 12.0 Å². The van der Waals surface area contributed by atoms with Crippen LogP contribution in [-0.2, 0) is 17.8 Å². The normalized spacial score (nSPS) is 11.4. The van der Waals surface area contributed by atoms with E-state index in [9.17, 15) is 14.9 Å². The standard InChI is InChI=1S/C22H18ClN3O3S/c1-2-14-3-7-16(8-4-14)25-22(28)18(11-24)21(27)19-13-30-20(26-19)12-29-17-9-5-15(23)6-10-17/h3-10,13,18H,2,12H2,1H3,(H,25,28). The molecule has 2 aromatic carbocycles. The average Bonchev–Trinajstić information content (AvgIpc) is 3.23. The van der Waals surface area contributed by atoms with E-state index < -0.39 is 17.6 Å². The monoisotopic (exact) mass is 439 g/mol. The molecular weight excluding hydrogens is 422 g/mol. The van der Waals surface area contributed by atoms with Gasteiger partial charge in [0.1, 0.15) is 23.1 Å². The summed E-state index contributed by atoms with van der Waals surface area (Å²) in [6.45, 7) is 2.19. The molecule has 1 unspecified atom stereocenters. The maximum Gasteiger partial charge on any atom is 0.249 e. The Kier molecular flexibility index (Phi) is 7.17. The highest BCUT2D eigenvalue weighted by Gasteiger charge is 2.29. The smallest absolute Gasteiger partial charge is 0.249 e. The molecule has 0 radical (unpaired) electrons. The van der Waals surface area contributed by atoms with E-state index in [1.54, 1.807) is 42.5 Å². The highest BCUT2D eigenvalue weighted by molar-refractivity contribution is 7.09. The van der Waals surface area contributed by atoms with Crippen LogP contribution in [0.15, 0.2) is 53.9 Å². The molecule has 0 aliphatic rings. The number of aryl methyl sites for hydroxylation is 1. The summed E-state index contributed by atoms with van der Waals surface area (Å²) in [5.41, 5.74) is 1.72. The van der Waals surface area contributed by atoms with Crippen molar-refractivity contribution in [3.05, 3.63) is 75.2 Å². The van der Waals surface area contributed by atoms with Gasteiger partial charge in [-0.25, -0.2) is 4.98 Å². The van der Waals surface area contributed by atoms with Gasteiger partial charge in [0.05, 0.1) is 6.07 Å². The van der Waals surface area contributed by atoms with Crippen LogP contribution < -0.4 is 10.1 Å². The van der Waals surface area contributed by atoms with Crippen molar-refractivity contribution < 1.29 is 14.3 Å². The lowest BCUT2D eigenvalue weighted by molar-refractivity contribution is -0.117. The quantitative estimate of drug-likeness (QED) is 0.398. The predicted octanol–water partition coefficient (Wildman–Crippen LogP) is 4.90. The summed E-state index contributed by atoms with van der Waals surface area (Å²) < 4.78 is 5.61. The number of carbonyl (C=O) groups excluding carboxylic acids is 2. The lowest BCUT2D eigenvalue weighted by Gasteiger charge is -2.09. The third-order valence-electron chi connectivity index (χ3n) is 4.26. The van der Waals surface area contributed by atoms with Crippen LogP contribution in [0.1, 0.15) is 28.0 Å². The number of aromatic nitrogens is 1. The lowest BCUT2D eigenvalue weighted by atomic mass is 10.0. The van der Waals surface area contributed by atoms with Crippen LogP contribution in [0.5, 0.6) is 5.75 Å². The molecule has 1 atom stereocenters. The molecule has 30 heavy (non-hydrogen) atoms. The summed E-state index contributed by atoms with van der Waals surface area (Å²) in [6.07, 6.45) is 0.876. The summed E-state index contributed by atoms with van der Waals surface area (Å²) >= 11 is 7.06. The maximum atomic E-state index is 12.6. The number of Topliss-reactive ketones (excluding diaryl/α,β-unsaturated/α-hetero) is 1. The van der Waals surface area contributed by atoms with Gasteiger partial charge >= 0.3 is 0 Å². The van der Waals surface area contributed by atoms with Gasteiger partial charge in [-0.05, 0) is 48.4 Å². The number of hydrogen-bond donors (Lipinski definition) is 1. The van der Waals surface area contributed by atoms with E-state index in [0.29, 0.717) is 21.5 Å². The second-order valence-corrected chi connectivity index (χ2v) is 7.71. The summed E-state index contributed by atoms with van der Waals surface area (Å²) in [4.78, 5) is 29.3. The molecule has 6 nitrogen and oxygen atoms in total. The van der Waals surface area contributed by atoms with Gasteiger partial charge in [-0.2, -0.15) is 5.26 Å². The first-order valence-corrected chi connectivity index (χ1v) is 10.4. The summed E-state index contributed by atoms with van der Waals surface area (Å²) in [7, 11) is 0. The molecule has 1 aromatic heterocycles. The first kappa shape index (κ1) is 21.5. The first-order valence-electron chi connectivity index (χ1n) is 9.16. The molecule has 0 spiro atoms. The molecule has 0 aliphatic heterocycles. The fraction of sp³-hybridized carbons (Fsp3) is 0.182. The number of carbonyl (C=O) groups is 2. The topological polar surface area (TPSA) is 92.1 Å². The Morgan fingerprint density at radius 1 is 1.20 bits per heavy atom. The number of rotatable bonds is 8. The fourth-order valence-electron chi connectivity index (χ4n) is 2.59. The van der Waals surface area contributed by atoms with Crippen molar-refractivity contribution in [3.8, 4) is 11.8 Å². The zero-order valence-electron chi connectivity index (χ0n) is 16.1. The number of thiazole rings is 1. The number of anilines is 1. The lowest BCUT2D eigenvalue weighted by Crippen LogP contribution is -2.29. The molecule has 0 fully saturated rings. The molecule has 0 saturated carbocycles. The first-order chi connectivity index (χ1) is 14.5. The van der Waals surface area contributed by atoms with Crippen molar-refractivity contribution in [2.75, 3.05) is 5.32 Å². The van der Waals surface area contributed by atoms with Crippen LogP contribution in [0.25, 0.3) is 0 Å². The number of halogens is 1. The van der Waals surface area contributed by atoms with Crippen LogP contribution >= 0.6 is 22.9 Å². The molecule has 3 rings (SSSR count). The van der Waals surface area contributed by atoms with Gasteiger partial charge in [-0.3, -0.25) is 9.59 Å². The molecule has 3 aromatic rings. The minimum atomic E-state index is -1.48. The maximum absolute atomic E-state index is 12.6. The number of nitriles is 1. The van der Waals surface area contributed by atoms with Crippen LogP contribution in [0.2, 0.25) is 5.02 Å². The summed E-state index contributed by atoms with van der Waals surface area (Å²) in [5.74, 6) is -2.19. The van der Waals surface area contributed by atoms with Crippen LogP contribution in [0, 0.1) is 17.2 Å². The van der Waals surface area contributed by atoms with E-state index in [-0.39, 0.29) is 12.3 Å². The van der Waals surface area contributed by atoms with E-state index in [4.69, 9.17) is 16.3 Å².